The van der Waals surface area contributed by atoms with Crippen LogP contribution in [0.25, 0.3) is 0 Å². The molecule has 8 heteroatoms. The number of benzene rings is 1. The first-order chi connectivity index (χ1) is 12.9. The third kappa shape index (κ3) is 4.51. The van der Waals surface area contributed by atoms with Gasteiger partial charge in [0.25, 0.3) is 5.56 Å². The minimum absolute atomic E-state index is 0.0947. The molecule has 0 fully saturated rings. The maximum atomic E-state index is 11.2. The number of ether oxygens (including phenoxy) is 1. The van der Waals surface area contributed by atoms with Gasteiger partial charge >= 0.3 is 0 Å². The molecule has 0 bridgehead atoms. The Morgan fingerprint density at radius 3 is 2.44 bits per heavy atom. The van der Waals surface area contributed by atoms with Crippen molar-refractivity contribution < 1.29 is 4.74 Å². The van der Waals surface area contributed by atoms with Gasteiger partial charge in [-0.2, -0.15) is 10.2 Å². The van der Waals surface area contributed by atoms with Gasteiger partial charge in [-0.1, -0.05) is 30.1 Å². The summed E-state index contributed by atoms with van der Waals surface area (Å²) in [6.45, 7) is 6.11. The minimum atomic E-state index is -0.232. The summed E-state index contributed by atoms with van der Waals surface area (Å²) in [5.74, 6) is 1.21. The van der Waals surface area contributed by atoms with Crippen LogP contribution in [0.2, 0.25) is 10.0 Å². The van der Waals surface area contributed by atoms with E-state index < -0.39 is 0 Å². The number of hydrogen-bond acceptors (Lipinski definition) is 4. The molecule has 0 saturated carbocycles. The summed E-state index contributed by atoms with van der Waals surface area (Å²) >= 11 is 12.2. The second kappa shape index (κ2) is 8.15. The van der Waals surface area contributed by atoms with E-state index in [1.165, 1.54) is 6.07 Å². The first kappa shape index (κ1) is 19.5. The van der Waals surface area contributed by atoms with Crippen LogP contribution in [0.4, 0.5) is 0 Å². The van der Waals surface area contributed by atoms with Crippen LogP contribution in [-0.4, -0.2) is 20.0 Å². The highest BCUT2D eigenvalue weighted by molar-refractivity contribution is 6.34. The predicted octanol–water partition coefficient (Wildman–Crippen LogP) is 4.80. The molecule has 0 spiro atoms. The molecule has 3 rings (SSSR count). The predicted molar refractivity (Wildman–Crippen MR) is 106 cm³/mol. The Labute approximate surface area is 167 Å². The van der Waals surface area contributed by atoms with Crippen LogP contribution in [0.1, 0.15) is 43.8 Å². The summed E-state index contributed by atoms with van der Waals surface area (Å²) in [5, 5.41) is 12.3. The highest BCUT2D eigenvalue weighted by Crippen LogP contribution is 2.34. The van der Waals surface area contributed by atoms with E-state index >= 15 is 0 Å². The molecule has 0 aliphatic heterocycles. The molecule has 0 amide bonds. The fourth-order valence-corrected chi connectivity index (χ4v) is 3.30. The van der Waals surface area contributed by atoms with Crippen molar-refractivity contribution in [2.24, 2.45) is 0 Å². The molecule has 2 aromatic heterocycles. The monoisotopic (exact) mass is 406 g/mol. The van der Waals surface area contributed by atoms with Gasteiger partial charge in [0.15, 0.2) is 0 Å². The molecule has 0 atom stereocenters. The van der Waals surface area contributed by atoms with E-state index in [1.807, 2.05) is 25.5 Å². The highest BCUT2D eigenvalue weighted by Gasteiger charge is 2.21. The molecule has 0 unspecified atom stereocenters. The molecule has 3 aromatic rings. The molecule has 1 N–H and O–H groups in total. The van der Waals surface area contributed by atoms with Gasteiger partial charge in [0.2, 0.25) is 5.88 Å². The Morgan fingerprint density at radius 2 is 1.89 bits per heavy atom. The molecule has 142 valence electrons. The van der Waals surface area contributed by atoms with E-state index in [9.17, 15) is 4.79 Å². The van der Waals surface area contributed by atoms with Crippen LogP contribution in [0.15, 0.2) is 35.1 Å². The van der Waals surface area contributed by atoms with Gasteiger partial charge in [0.1, 0.15) is 5.75 Å². The number of aromatic nitrogens is 4. The SMILES string of the molecule is CCc1c(Cc2ccc(=O)[nH]n2)nn(C(C)C)c1Oc1cc(Cl)cc(Cl)c1. The van der Waals surface area contributed by atoms with Crippen molar-refractivity contribution in [1.82, 2.24) is 20.0 Å². The molecule has 0 aliphatic carbocycles. The molecular weight excluding hydrogens is 387 g/mol. The van der Waals surface area contributed by atoms with Gasteiger partial charge in [-0.15, -0.1) is 0 Å². The van der Waals surface area contributed by atoms with E-state index in [1.54, 1.807) is 24.3 Å². The van der Waals surface area contributed by atoms with E-state index in [2.05, 4.69) is 10.2 Å². The van der Waals surface area contributed by atoms with Crippen molar-refractivity contribution >= 4 is 23.2 Å². The first-order valence-electron chi connectivity index (χ1n) is 8.66. The van der Waals surface area contributed by atoms with Crippen molar-refractivity contribution in [1.29, 1.82) is 0 Å². The lowest BCUT2D eigenvalue weighted by atomic mass is 10.1. The molecule has 0 aliphatic rings. The van der Waals surface area contributed by atoms with Crippen molar-refractivity contribution in [2.75, 3.05) is 0 Å². The summed E-state index contributed by atoms with van der Waals surface area (Å²) in [6.07, 6.45) is 1.22. The quantitative estimate of drug-likeness (QED) is 0.637. The fraction of sp³-hybridized carbons (Fsp3) is 0.316. The molecular formula is C19H20Cl2N4O2. The summed E-state index contributed by atoms with van der Waals surface area (Å²) in [4.78, 5) is 11.2. The van der Waals surface area contributed by atoms with Crippen LogP contribution in [-0.2, 0) is 12.8 Å². The fourth-order valence-electron chi connectivity index (χ4n) is 2.80. The lowest BCUT2D eigenvalue weighted by molar-refractivity contribution is 0.385. The maximum absolute atomic E-state index is 11.2. The van der Waals surface area contributed by atoms with Crippen LogP contribution < -0.4 is 10.3 Å². The van der Waals surface area contributed by atoms with Gasteiger partial charge in [-0.05, 0) is 44.5 Å². The van der Waals surface area contributed by atoms with E-state index in [0.29, 0.717) is 28.1 Å². The largest absolute Gasteiger partial charge is 0.439 e. The normalized spacial score (nSPS) is 11.2. The van der Waals surface area contributed by atoms with Crippen molar-refractivity contribution in [3.63, 3.8) is 0 Å². The Bertz CT molecular complexity index is 971. The topological polar surface area (TPSA) is 72.8 Å². The van der Waals surface area contributed by atoms with Gasteiger partial charge in [-0.3, -0.25) is 4.79 Å². The molecule has 1 aromatic carbocycles. The van der Waals surface area contributed by atoms with Crippen LogP contribution in [0.5, 0.6) is 11.6 Å². The van der Waals surface area contributed by atoms with Crippen LogP contribution >= 0.6 is 23.2 Å². The summed E-state index contributed by atoms with van der Waals surface area (Å²) in [5.41, 5.74) is 2.33. The van der Waals surface area contributed by atoms with Gasteiger partial charge in [-0.25, -0.2) is 9.78 Å². The minimum Gasteiger partial charge on any atom is -0.439 e. The van der Waals surface area contributed by atoms with Crippen molar-refractivity contribution in [3.8, 4) is 11.6 Å². The molecule has 0 radical (unpaired) electrons. The zero-order valence-electron chi connectivity index (χ0n) is 15.3. The molecule has 0 saturated heterocycles. The maximum Gasteiger partial charge on any atom is 0.264 e. The standard InChI is InChI=1S/C19H20Cl2N4O2/c1-4-16-17(10-14-5-6-18(26)23-22-14)24-25(11(2)3)19(16)27-15-8-12(20)7-13(21)9-15/h5-9,11H,4,10H2,1-3H3,(H,23,26). The van der Waals surface area contributed by atoms with E-state index in [-0.39, 0.29) is 11.6 Å². The third-order valence-corrected chi connectivity index (χ3v) is 4.46. The number of nitrogens with zero attached hydrogens (tertiary/aromatic N) is 3. The van der Waals surface area contributed by atoms with Gasteiger partial charge < -0.3 is 4.74 Å². The number of rotatable bonds is 6. The number of halogens is 2. The average Bonchev–Trinajstić information content (AvgIpc) is 2.93. The summed E-state index contributed by atoms with van der Waals surface area (Å²) in [7, 11) is 0. The number of H-pyrrole nitrogens is 1. The molecule has 27 heavy (non-hydrogen) atoms. The van der Waals surface area contributed by atoms with Gasteiger partial charge in [0, 0.05) is 28.1 Å². The van der Waals surface area contributed by atoms with E-state index in [0.717, 1.165) is 23.4 Å². The van der Waals surface area contributed by atoms with Crippen molar-refractivity contribution in [2.45, 2.75) is 39.7 Å². The zero-order chi connectivity index (χ0) is 19.6. The van der Waals surface area contributed by atoms with Crippen molar-refractivity contribution in [3.05, 3.63) is 67.7 Å². The summed E-state index contributed by atoms with van der Waals surface area (Å²) < 4.78 is 7.99. The lowest BCUT2D eigenvalue weighted by Gasteiger charge is -2.13. The third-order valence-electron chi connectivity index (χ3n) is 4.02. The summed E-state index contributed by atoms with van der Waals surface area (Å²) in [6, 6.07) is 8.34. The Morgan fingerprint density at radius 1 is 1.19 bits per heavy atom. The van der Waals surface area contributed by atoms with Crippen LogP contribution in [0.3, 0.4) is 0 Å². The average molecular weight is 407 g/mol. The number of hydrogen-bond donors (Lipinski definition) is 1. The zero-order valence-corrected chi connectivity index (χ0v) is 16.8. The number of nitrogens with one attached hydrogen (secondary N) is 1. The smallest absolute Gasteiger partial charge is 0.264 e. The highest BCUT2D eigenvalue weighted by atomic mass is 35.5. The molecule has 6 nitrogen and oxygen atoms in total. The van der Waals surface area contributed by atoms with E-state index in [4.69, 9.17) is 33.0 Å². The second-order valence-electron chi connectivity index (χ2n) is 6.42. The van der Waals surface area contributed by atoms with Crippen LogP contribution in [0, 0.1) is 0 Å². The Balaban J connectivity index is 2.02. The Hall–Kier alpha value is -2.31. The Kier molecular flexibility index (Phi) is 5.87. The van der Waals surface area contributed by atoms with Gasteiger partial charge in [0.05, 0.1) is 17.4 Å². The first-order valence-corrected chi connectivity index (χ1v) is 9.41. The molecule has 2 heterocycles. The lowest BCUT2D eigenvalue weighted by Crippen LogP contribution is -2.08. The number of aromatic amines is 1. The second-order valence-corrected chi connectivity index (χ2v) is 7.29.